The largest absolute Gasteiger partial charge is 0.463 e. The number of fused-ring (bicyclic) bond motifs is 1. The van der Waals surface area contributed by atoms with E-state index in [1.807, 2.05) is 0 Å². The number of hydrogen-bond acceptors (Lipinski definition) is 7. The summed E-state index contributed by atoms with van der Waals surface area (Å²) in [6.07, 6.45) is -0.622. The zero-order valence-corrected chi connectivity index (χ0v) is 14.6. The molecule has 134 valence electrons. The number of nitrogens with one attached hydrogen (secondary N) is 1. The molecule has 0 unspecified atom stereocenters. The van der Waals surface area contributed by atoms with E-state index in [2.05, 4.69) is 9.71 Å². The Morgan fingerprint density at radius 3 is 2.72 bits per heavy atom. The van der Waals surface area contributed by atoms with Gasteiger partial charge in [0.2, 0.25) is 6.10 Å². The fraction of sp³-hybridized carbons (Fsp3) is 0.438. The van der Waals surface area contributed by atoms with Gasteiger partial charge in [0.25, 0.3) is 10.0 Å². The number of benzene rings is 1. The summed E-state index contributed by atoms with van der Waals surface area (Å²) in [5, 5.41) is 0. The molecular weight excluding hydrogens is 348 g/mol. The van der Waals surface area contributed by atoms with Crippen LogP contribution in [0.5, 0.6) is 0 Å². The molecule has 1 aromatic rings. The van der Waals surface area contributed by atoms with E-state index in [0.29, 0.717) is 12.0 Å². The van der Waals surface area contributed by atoms with Gasteiger partial charge in [-0.2, -0.15) is 0 Å². The lowest BCUT2D eigenvalue weighted by Crippen LogP contribution is -2.34. The summed E-state index contributed by atoms with van der Waals surface area (Å²) in [4.78, 5) is 28.3. The molecule has 0 radical (unpaired) electrons. The highest BCUT2D eigenvalue weighted by Gasteiger charge is 2.36. The van der Waals surface area contributed by atoms with Crippen molar-refractivity contribution < 1.29 is 27.5 Å². The van der Waals surface area contributed by atoms with Gasteiger partial charge in [0, 0.05) is 12.0 Å². The zero-order chi connectivity index (χ0) is 18.2. The number of rotatable bonds is 4. The minimum Gasteiger partial charge on any atom is -0.463 e. The average Bonchev–Trinajstić information content (AvgIpc) is 3.06. The lowest BCUT2D eigenvalue weighted by atomic mass is 10.0. The standard InChI is InChI=1S/C16H18N2O6S/c1-9(2)13(16(20)24-11-7-8-23-15(11)19)17-14-10-5-3-4-6-12(10)25(21,22)18-14/h3-6,9,11,13H,7-8H2,1-2H3,(H,17,18)/t11-,13-/m1/s1. The Bertz CT molecular complexity index is 846. The van der Waals surface area contributed by atoms with Crippen molar-refractivity contribution >= 4 is 27.8 Å². The monoisotopic (exact) mass is 366 g/mol. The number of sulfonamides is 1. The van der Waals surface area contributed by atoms with Gasteiger partial charge in [0.1, 0.15) is 5.84 Å². The van der Waals surface area contributed by atoms with Crippen LogP contribution in [-0.4, -0.2) is 44.9 Å². The van der Waals surface area contributed by atoms with Gasteiger partial charge >= 0.3 is 11.9 Å². The summed E-state index contributed by atoms with van der Waals surface area (Å²) in [5.41, 5.74) is 0.404. The van der Waals surface area contributed by atoms with E-state index in [4.69, 9.17) is 9.47 Å². The van der Waals surface area contributed by atoms with E-state index >= 15 is 0 Å². The molecule has 1 fully saturated rings. The summed E-state index contributed by atoms with van der Waals surface area (Å²) < 4.78 is 36.6. The molecular formula is C16H18N2O6S. The Morgan fingerprint density at radius 1 is 1.36 bits per heavy atom. The van der Waals surface area contributed by atoms with Crippen molar-refractivity contribution in [3.8, 4) is 0 Å². The van der Waals surface area contributed by atoms with Gasteiger partial charge in [-0.1, -0.05) is 26.0 Å². The molecule has 0 aromatic heterocycles. The Morgan fingerprint density at radius 2 is 2.08 bits per heavy atom. The minimum atomic E-state index is -3.69. The van der Waals surface area contributed by atoms with E-state index in [1.165, 1.54) is 6.07 Å². The average molecular weight is 366 g/mol. The van der Waals surface area contributed by atoms with Gasteiger partial charge in [-0.3, -0.25) is 9.71 Å². The Labute approximate surface area is 145 Å². The van der Waals surface area contributed by atoms with E-state index in [-0.39, 0.29) is 23.3 Å². The van der Waals surface area contributed by atoms with E-state index < -0.39 is 34.1 Å². The van der Waals surface area contributed by atoms with E-state index in [0.717, 1.165) is 0 Å². The Hall–Kier alpha value is -2.42. The predicted molar refractivity (Wildman–Crippen MR) is 87.4 cm³/mol. The van der Waals surface area contributed by atoms with E-state index in [9.17, 15) is 18.0 Å². The SMILES string of the molecule is CC(C)[C@@H](N=C1NS(=O)(=O)c2ccccc21)C(=O)O[C@@H]1CCOC1=O. The molecule has 1 N–H and O–H groups in total. The molecule has 0 bridgehead atoms. The summed E-state index contributed by atoms with van der Waals surface area (Å²) in [7, 11) is -3.69. The first-order valence-corrected chi connectivity index (χ1v) is 9.35. The van der Waals surface area contributed by atoms with Gasteiger partial charge in [0.15, 0.2) is 6.04 Å². The maximum absolute atomic E-state index is 12.4. The summed E-state index contributed by atoms with van der Waals surface area (Å²) in [5.74, 6) is -1.42. The second-order valence-corrected chi connectivity index (χ2v) is 7.80. The molecule has 1 aromatic carbocycles. The molecule has 9 heteroatoms. The smallest absolute Gasteiger partial charge is 0.347 e. The molecule has 0 saturated carbocycles. The first-order chi connectivity index (χ1) is 11.8. The molecule has 2 atom stereocenters. The molecule has 2 aliphatic rings. The summed E-state index contributed by atoms with van der Waals surface area (Å²) >= 11 is 0. The fourth-order valence-corrected chi connectivity index (χ4v) is 3.88. The molecule has 2 heterocycles. The van der Waals surface area contributed by atoms with Crippen molar-refractivity contribution in [2.24, 2.45) is 10.9 Å². The third kappa shape index (κ3) is 3.37. The van der Waals surface area contributed by atoms with Crippen molar-refractivity contribution in [2.45, 2.75) is 37.3 Å². The van der Waals surface area contributed by atoms with Gasteiger partial charge in [-0.05, 0) is 18.1 Å². The molecule has 3 rings (SSSR count). The minimum absolute atomic E-state index is 0.0975. The van der Waals surface area contributed by atoms with Crippen molar-refractivity contribution in [3.63, 3.8) is 0 Å². The van der Waals surface area contributed by atoms with Crippen LogP contribution in [0.2, 0.25) is 0 Å². The maximum Gasteiger partial charge on any atom is 0.347 e. The number of aliphatic imine (C=N–C) groups is 1. The first kappa shape index (κ1) is 17.4. The van der Waals surface area contributed by atoms with Crippen LogP contribution in [0.3, 0.4) is 0 Å². The molecule has 0 amide bonds. The summed E-state index contributed by atoms with van der Waals surface area (Å²) in [6, 6.07) is 5.44. The van der Waals surface area contributed by atoms with Crippen LogP contribution >= 0.6 is 0 Å². The van der Waals surface area contributed by atoms with Crippen molar-refractivity contribution in [1.82, 2.24) is 4.72 Å². The molecule has 8 nitrogen and oxygen atoms in total. The van der Waals surface area contributed by atoms with Crippen LogP contribution in [-0.2, 0) is 29.1 Å². The van der Waals surface area contributed by atoms with Gasteiger partial charge < -0.3 is 9.47 Å². The van der Waals surface area contributed by atoms with Gasteiger partial charge in [0.05, 0.1) is 11.5 Å². The topological polar surface area (TPSA) is 111 Å². The molecule has 25 heavy (non-hydrogen) atoms. The highest BCUT2D eigenvalue weighted by molar-refractivity contribution is 7.90. The second kappa shape index (κ2) is 6.47. The lowest BCUT2D eigenvalue weighted by Gasteiger charge is -2.18. The lowest BCUT2D eigenvalue weighted by molar-refractivity contribution is -0.161. The molecule has 0 spiro atoms. The third-order valence-corrected chi connectivity index (χ3v) is 5.35. The normalized spacial score (nSPS) is 23.9. The van der Waals surface area contributed by atoms with Crippen LogP contribution in [0, 0.1) is 5.92 Å². The number of ether oxygens (including phenoxy) is 2. The third-order valence-electron chi connectivity index (χ3n) is 3.95. The Kier molecular flexibility index (Phi) is 4.51. The number of nitrogens with zero attached hydrogens (tertiary/aromatic N) is 1. The number of esters is 2. The van der Waals surface area contributed by atoms with Crippen molar-refractivity contribution in [1.29, 1.82) is 0 Å². The highest BCUT2D eigenvalue weighted by Crippen LogP contribution is 2.24. The quantitative estimate of drug-likeness (QED) is 0.782. The number of carbonyl (C=O) groups excluding carboxylic acids is 2. The molecule has 0 aliphatic carbocycles. The number of hydrogen-bond donors (Lipinski definition) is 1. The van der Waals surface area contributed by atoms with Crippen LogP contribution in [0.25, 0.3) is 0 Å². The number of amidine groups is 1. The van der Waals surface area contributed by atoms with Gasteiger partial charge in [-0.25, -0.2) is 18.0 Å². The molecule has 2 aliphatic heterocycles. The first-order valence-electron chi connectivity index (χ1n) is 7.87. The van der Waals surface area contributed by atoms with Crippen LogP contribution in [0.1, 0.15) is 25.8 Å². The number of carbonyl (C=O) groups is 2. The molecule has 1 saturated heterocycles. The number of cyclic esters (lactones) is 1. The van der Waals surface area contributed by atoms with Crippen molar-refractivity contribution in [2.75, 3.05) is 6.61 Å². The zero-order valence-electron chi connectivity index (χ0n) is 13.8. The highest BCUT2D eigenvalue weighted by atomic mass is 32.2. The van der Waals surface area contributed by atoms with Crippen LogP contribution in [0.15, 0.2) is 34.2 Å². The van der Waals surface area contributed by atoms with E-state index in [1.54, 1.807) is 32.0 Å². The van der Waals surface area contributed by atoms with Crippen LogP contribution < -0.4 is 4.72 Å². The Balaban J connectivity index is 1.88. The fourth-order valence-electron chi connectivity index (χ4n) is 2.64. The second-order valence-electron chi connectivity index (χ2n) is 6.15. The predicted octanol–water partition coefficient (Wildman–Crippen LogP) is 0.608. The maximum atomic E-state index is 12.4. The summed E-state index contributed by atoms with van der Waals surface area (Å²) in [6.45, 7) is 3.74. The van der Waals surface area contributed by atoms with Crippen LogP contribution in [0.4, 0.5) is 0 Å². The van der Waals surface area contributed by atoms with Gasteiger partial charge in [-0.15, -0.1) is 0 Å². The van der Waals surface area contributed by atoms with Crippen molar-refractivity contribution in [3.05, 3.63) is 29.8 Å².